The normalized spacial score (nSPS) is 12.3. The minimum absolute atomic E-state index is 0. The maximum Gasteiger partial charge on any atom is 0.243 e. The molecule has 0 aliphatic rings. The highest BCUT2D eigenvalue weighted by atomic mass is 35.5. The summed E-state index contributed by atoms with van der Waals surface area (Å²) in [5.74, 6) is 0.976. The fraction of sp³-hybridized carbons (Fsp3) is 0.912. The van der Waals surface area contributed by atoms with E-state index >= 15 is 0 Å². The van der Waals surface area contributed by atoms with Gasteiger partial charge < -0.3 is 12.4 Å². The van der Waals surface area contributed by atoms with E-state index in [9.17, 15) is 0 Å². The van der Waals surface area contributed by atoms with Gasteiger partial charge in [-0.1, -0.05) is 270 Å². The van der Waals surface area contributed by atoms with Crippen LogP contribution >= 0.6 is 0 Å². The monoisotopic (exact) mass is 859 g/mol. The number of hydrogen-bond acceptors (Lipinski definition) is 0. The quantitative estimate of drug-likeness (QED) is 0.0351. The zero-order chi connectivity index (χ0) is 42.4. The topological polar surface area (TPSA) is 8.81 Å². The van der Waals surface area contributed by atoms with E-state index in [0.717, 1.165) is 12.5 Å². The molecule has 1 aromatic rings. The third-order valence-electron chi connectivity index (χ3n) is 13.9. The van der Waals surface area contributed by atoms with Gasteiger partial charge in [0.05, 0.1) is 6.54 Å². The maximum atomic E-state index is 2.58. The molecular formula is C57H111ClN2. The standard InChI is InChI=1S/C57H111N2.ClH/c1-5-9-12-15-18-21-24-27-28-29-30-33-36-39-42-45-51-57(59-54-53-58(8-4)55-59)52-47-46-50-56(48-43-40-37-34-31-25-22-19-16-13-10-6-2)49-44-41-38-35-32-26-23-20-17-14-11-7-3;/h27-28,53-57H,5-26,29-52H2,1-4H3;1H/q+1;/p-1. The molecule has 1 heterocycles. The Morgan fingerprint density at radius 2 is 0.650 bits per heavy atom. The highest BCUT2D eigenvalue weighted by molar-refractivity contribution is 4.81. The number of aromatic nitrogens is 2. The van der Waals surface area contributed by atoms with E-state index < -0.39 is 0 Å². The molecule has 1 rings (SSSR count). The number of allylic oxidation sites excluding steroid dienone is 2. The summed E-state index contributed by atoms with van der Waals surface area (Å²) in [5.41, 5.74) is 0. The first-order chi connectivity index (χ1) is 29.2. The molecule has 1 unspecified atom stereocenters. The molecule has 0 saturated carbocycles. The SMILES string of the molecule is CCCCCCCCC=CCCCCCCCCC(CCCCC(CCCCCCCCCCCCCC)CCCCCCCCCCCCCC)[n+]1ccn(CC)c1.[Cl-]. The summed E-state index contributed by atoms with van der Waals surface area (Å²) in [6, 6.07) is 0.686. The molecule has 0 bridgehead atoms. The number of aryl methyl sites for hydroxylation is 1. The van der Waals surface area contributed by atoms with Crippen molar-refractivity contribution in [3.63, 3.8) is 0 Å². The van der Waals surface area contributed by atoms with E-state index in [4.69, 9.17) is 0 Å². The van der Waals surface area contributed by atoms with Crippen LogP contribution < -0.4 is 17.0 Å². The number of unbranched alkanes of at least 4 members (excludes halogenated alkanes) is 35. The molecule has 1 atom stereocenters. The van der Waals surface area contributed by atoms with Crippen molar-refractivity contribution in [2.75, 3.05) is 0 Å². The second-order valence-corrected chi connectivity index (χ2v) is 19.6. The van der Waals surface area contributed by atoms with Gasteiger partial charge >= 0.3 is 0 Å². The zero-order valence-electron chi connectivity index (χ0n) is 41.8. The van der Waals surface area contributed by atoms with Crippen LogP contribution in [0.3, 0.4) is 0 Å². The summed E-state index contributed by atoms with van der Waals surface area (Å²) in [7, 11) is 0. The number of nitrogens with zero attached hydrogens (tertiary/aromatic N) is 2. The molecule has 2 nitrogen and oxygen atoms in total. The average molecular weight is 860 g/mol. The van der Waals surface area contributed by atoms with E-state index in [1.807, 2.05) is 0 Å². The van der Waals surface area contributed by atoms with E-state index in [1.54, 1.807) is 0 Å². The van der Waals surface area contributed by atoms with Crippen LogP contribution in [0.4, 0.5) is 0 Å². The van der Waals surface area contributed by atoms with Crippen LogP contribution in [0.5, 0.6) is 0 Å². The third kappa shape index (κ3) is 40.0. The summed E-state index contributed by atoms with van der Waals surface area (Å²) in [4.78, 5) is 0. The molecule has 60 heavy (non-hydrogen) atoms. The van der Waals surface area contributed by atoms with Crippen LogP contribution in [-0.4, -0.2) is 4.57 Å². The number of rotatable bonds is 49. The van der Waals surface area contributed by atoms with Gasteiger partial charge in [0, 0.05) is 0 Å². The smallest absolute Gasteiger partial charge is 0.243 e. The van der Waals surface area contributed by atoms with Gasteiger partial charge in [-0.2, -0.15) is 0 Å². The first-order valence-corrected chi connectivity index (χ1v) is 28.0. The predicted molar refractivity (Wildman–Crippen MR) is 267 cm³/mol. The van der Waals surface area contributed by atoms with Gasteiger partial charge in [0.15, 0.2) is 0 Å². The van der Waals surface area contributed by atoms with Crippen molar-refractivity contribution in [1.29, 1.82) is 0 Å². The molecule has 0 amide bonds. The Morgan fingerprint density at radius 3 is 0.983 bits per heavy atom. The van der Waals surface area contributed by atoms with Crippen LogP contribution in [-0.2, 0) is 6.54 Å². The summed E-state index contributed by atoms with van der Waals surface area (Å²) in [5, 5.41) is 0. The lowest BCUT2D eigenvalue weighted by atomic mass is 9.89. The molecule has 0 fully saturated rings. The first-order valence-electron chi connectivity index (χ1n) is 28.0. The lowest BCUT2D eigenvalue weighted by Crippen LogP contribution is -3.00. The van der Waals surface area contributed by atoms with Crippen LogP contribution in [0, 0.1) is 5.92 Å². The van der Waals surface area contributed by atoms with Crippen molar-refractivity contribution in [1.82, 2.24) is 4.57 Å². The molecule has 0 spiro atoms. The minimum Gasteiger partial charge on any atom is -1.00 e. The van der Waals surface area contributed by atoms with Crippen molar-refractivity contribution < 1.29 is 17.0 Å². The van der Waals surface area contributed by atoms with E-state index in [2.05, 4.69) is 67.7 Å². The Bertz CT molecular complexity index is 926. The Morgan fingerprint density at radius 1 is 0.367 bits per heavy atom. The lowest BCUT2D eigenvalue weighted by Gasteiger charge is -2.18. The molecular weight excluding hydrogens is 748 g/mol. The molecule has 3 heteroatoms. The van der Waals surface area contributed by atoms with Crippen LogP contribution in [0.1, 0.15) is 323 Å². The predicted octanol–water partition coefficient (Wildman–Crippen LogP) is 17.1. The maximum absolute atomic E-state index is 2.58. The van der Waals surface area contributed by atoms with Crippen LogP contribution in [0.2, 0.25) is 0 Å². The van der Waals surface area contributed by atoms with Gasteiger partial charge in [-0.15, -0.1) is 0 Å². The summed E-state index contributed by atoms with van der Waals surface area (Å²) < 4.78 is 4.95. The van der Waals surface area contributed by atoms with Gasteiger partial charge in [-0.05, 0) is 64.2 Å². The van der Waals surface area contributed by atoms with Crippen LogP contribution in [0.25, 0.3) is 0 Å². The number of hydrogen-bond donors (Lipinski definition) is 0. The Balaban J connectivity index is 0.0000348. The van der Waals surface area contributed by atoms with E-state index in [1.165, 1.54) is 289 Å². The minimum atomic E-state index is 0. The van der Waals surface area contributed by atoms with Gasteiger partial charge in [0.1, 0.15) is 18.4 Å². The van der Waals surface area contributed by atoms with E-state index in [0.29, 0.717) is 6.04 Å². The fourth-order valence-corrected chi connectivity index (χ4v) is 9.68. The van der Waals surface area contributed by atoms with E-state index in [-0.39, 0.29) is 12.4 Å². The molecule has 0 saturated heterocycles. The van der Waals surface area contributed by atoms with Gasteiger partial charge in [0.2, 0.25) is 6.33 Å². The second kappa shape index (κ2) is 49.3. The zero-order valence-corrected chi connectivity index (χ0v) is 42.6. The summed E-state index contributed by atoms with van der Waals surface area (Å²) in [6.45, 7) is 10.3. The van der Waals surface area contributed by atoms with Crippen molar-refractivity contribution in [3.8, 4) is 0 Å². The van der Waals surface area contributed by atoms with Crippen molar-refractivity contribution in [2.45, 2.75) is 329 Å². The Labute approximate surface area is 385 Å². The number of halogens is 1. The summed E-state index contributed by atoms with van der Waals surface area (Å²) in [6.07, 6.45) is 76.7. The fourth-order valence-electron chi connectivity index (χ4n) is 9.68. The number of imidazole rings is 1. The Hall–Kier alpha value is -0.760. The highest BCUT2D eigenvalue weighted by Gasteiger charge is 2.17. The van der Waals surface area contributed by atoms with Crippen molar-refractivity contribution >= 4 is 0 Å². The van der Waals surface area contributed by atoms with Gasteiger partial charge in [0.25, 0.3) is 0 Å². The molecule has 0 aliphatic heterocycles. The van der Waals surface area contributed by atoms with Crippen molar-refractivity contribution in [3.05, 3.63) is 30.9 Å². The Kier molecular flexibility index (Phi) is 48.6. The summed E-state index contributed by atoms with van der Waals surface area (Å²) >= 11 is 0. The van der Waals surface area contributed by atoms with Crippen LogP contribution in [0.15, 0.2) is 30.9 Å². The second-order valence-electron chi connectivity index (χ2n) is 19.6. The van der Waals surface area contributed by atoms with Gasteiger partial charge in [-0.25, -0.2) is 9.13 Å². The lowest BCUT2D eigenvalue weighted by molar-refractivity contribution is -0.724. The largest absolute Gasteiger partial charge is 1.00 e. The highest BCUT2D eigenvalue weighted by Crippen LogP contribution is 2.27. The molecule has 0 aromatic carbocycles. The molecule has 356 valence electrons. The third-order valence-corrected chi connectivity index (χ3v) is 13.9. The molecule has 0 N–H and O–H groups in total. The van der Waals surface area contributed by atoms with Gasteiger partial charge in [-0.3, -0.25) is 0 Å². The molecule has 0 radical (unpaired) electrons. The molecule has 0 aliphatic carbocycles. The first kappa shape index (κ1) is 59.2. The van der Waals surface area contributed by atoms with Crippen molar-refractivity contribution in [2.24, 2.45) is 5.92 Å². The molecule has 1 aromatic heterocycles. The average Bonchev–Trinajstić information content (AvgIpc) is 3.74.